The number of amides is 2. The molecule has 0 spiro atoms. The number of nitrogens with zero attached hydrogens (tertiary/aromatic N) is 2. The highest BCUT2D eigenvalue weighted by Gasteiger charge is 2.68. The third-order valence-electron chi connectivity index (χ3n) is 5.98. The molecule has 5 rings (SSSR count). The Morgan fingerprint density at radius 3 is 2.67 bits per heavy atom. The van der Waals surface area contributed by atoms with Crippen molar-refractivity contribution in [3.8, 4) is 10.4 Å². The number of fused-ring (bicyclic) bond motifs is 1. The fourth-order valence-electron chi connectivity index (χ4n) is 4.25. The summed E-state index contributed by atoms with van der Waals surface area (Å²) in [5.41, 5.74) is 5.58. The molecule has 3 atom stereocenters. The Morgan fingerprint density at radius 2 is 2.04 bits per heavy atom. The Morgan fingerprint density at radius 1 is 1.30 bits per heavy atom. The van der Waals surface area contributed by atoms with E-state index in [1.807, 2.05) is 0 Å². The van der Waals surface area contributed by atoms with E-state index in [0.717, 1.165) is 17.8 Å². The van der Waals surface area contributed by atoms with E-state index in [1.54, 1.807) is 23.1 Å². The third-order valence-corrected chi connectivity index (χ3v) is 7.23. The number of rotatable bonds is 4. The molecule has 1 radical (unpaired) electrons. The first-order valence-electron chi connectivity index (χ1n) is 9.13. The molecule has 0 bridgehead atoms. The lowest BCUT2D eigenvalue weighted by atomic mass is 10.00. The maximum atomic E-state index is 14.4. The molecule has 139 valence electrons. The van der Waals surface area contributed by atoms with E-state index in [1.165, 1.54) is 17.4 Å². The van der Waals surface area contributed by atoms with Crippen LogP contribution in [0.2, 0.25) is 0 Å². The average Bonchev–Trinajstić information content (AvgIpc) is 3.53. The predicted octanol–water partition coefficient (Wildman–Crippen LogP) is 3.12. The Kier molecular flexibility index (Phi) is 3.50. The lowest BCUT2D eigenvalue weighted by Crippen LogP contribution is -2.37. The van der Waals surface area contributed by atoms with E-state index in [-0.39, 0.29) is 35.4 Å². The number of primary amides is 1. The summed E-state index contributed by atoms with van der Waals surface area (Å²) < 4.78 is 14.4. The number of carbonyl (C=O) groups excluding carboxylic acids is 2. The first-order valence-corrected chi connectivity index (χ1v) is 9.95. The molecule has 1 aliphatic heterocycles. The number of aromatic nitrogens is 1. The number of carbonyl (C=O) groups is 2. The van der Waals surface area contributed by atoms with Crippen LogP contribution in [0.5, 0.6) is 0 Å². The number of hydrogen-bond acceptors (Lipinski definition) is 4. The fraction of sp³-hybridized carbons (Fsp3) is 0.400. The Bertz CT molecular complexity index is 970. The van der Waals surface area contributed by atoms with Gasteiger partial charge in [-0.3, -0.25) is 9.59 Å². The van der Waals surface area contributed by atoms with Crippen LogP contribution in [-0.4, -0.2) is 33.8 Å². The van der Waals surface area contributed by atoms with E-state index >= 15 is 0 Å². The van der Waals surface area contributed by atoms with Crippen molar-refractivity contribution in [1.82, 2.24) is 9.88 Å². The Labute approximate surface area is 160 Å². The molecule has 1 aromatic heterocycles. The smallest absolute Gasteiger partial charge is 0.274 e. The van der Waals surface area contributed by atoms with Gasteiger partial charge in [0.2, 0.25) is 5.91 Å². The lowest BCUT2D eigenvalue weighted by Gasteiger charge is -2.23. The second kappa shape index (κ2) is 5.61. The molecule has 3 aliphatic rings. The summed E-state index contributed by atoms with van der Waals surface area (Å²) in [5, 5.41) is 0.883. The van der Waals surface area contributed by atoms with Crippen LogP contribution in [0.4, 0.5) is 4.39 Å². The molecule has 1 aromatic carbocycles. The van der Waals surface area contributed by atoms with Gasteiger partial charge in [0, 0.05) is 23.6 Å². The highest BCUT2D eigenvalue weighted by Crippen LogP contribution is 2.59. The first kappa shape index (κ1) is 16.9. The van der Waals surface area contributed by atoms with Crippen molar-refractivity contribution in [2.45, 2.75) is 43.7 Å². The van der Waals surface area contributed by atoms with E-state index < -0.39 is 5.41 Å². The molecule has 2 saturated carbocycles. The van der Waals surface area contributed by atoms with E-state index in [0.29, 0.717) is 29.2 Å². The van der Waals surface area contributed by atoms with E-state index in [4.69, 9.17) is 5.73 Å². The van der Waals surface area contributed by atoms with Crippen LogP contribution >= 0.6 is 11.3 Å². The van der Waals surface area contributed by atoms with Crippen molar-refractivity contribution < 1.29 is 14.0 Å². The maximum absolute atomic E-state index is 14.4. The van der Waals surface area contributed by atoms with Gasteiger partial charge in [0.15, 0.2) is 0 Å². The number of benzene rings is 1. The average molecular weight is 384 g/mol. The number of halogens is 1. The van der Waals surface area contributed by atoms with Crippen LogP contribution in [0.3, 0.4) is 0 Å². The summed E-state index contributed by atoms with van der Waals surface area (Å²) in [4.78, 5) is 32.0. The Balaban J connectivity index is 1.56. The molecule has 2 aliphatic carbocycles. The van der Waals surface area contributed by atoms with Gasteiger partial charge < -0.3 is 10.6 Å². The molecule has 0 unspecified atom stereocenters. The minimum atomic E-state index is -0.643. The number of piperidine rings is 1. The molecule has 3 fully saturated rings. The van der Waals surface area contributed by atoms with Crippen molar-refractivity contribution in [3.05, 3.63) is 47.7 Å². The number of nitrogens with two attached hydrogens (primary N) is 1. The molecule has 5 nitrogen and oxygen atoms in total. The van der Waals surface area contributed by atoms with Crippen LogP contribution < -0.4 is 5.73 Å². The summed E-state index contributed by atoms with van der Waals surface area (Å²) in [7, 11) is 0. The van der Waals surface area contributed by atoms with Gasteiger partial charge in [0.25, 0.3) is 5.91 Å². The molecule has 2 amide bonds. The summed E-state index contributed by atoms with van der Waals surface area (Å²) in [5.74, 6) is -0.658. The lowest BCUT2D eigenvalue weighted by molar-refractivity contribution is -0.123. The summed E-state index contributed by atoms with van der Waals surface area (Å²) in [6.07, 6.45) is 3.15. The number of hydrogen-bond donors (Lipinski definition) is 1. The van der Waals surface area contributed by atoms with Crippen molar-refractivity contribution in [2.75, 3.05) is 0 Å². The van der Waals surface area contributed by atoms with Crippen LogP contribution in [0.25, 0.3) is 10.4 Å². The van der Waals surface area contributed by atoms with Gasteiger partial charge in [-0.05, 0) is 38.7 Å². The van der Waals surface area contributed by atoms with Gasteiger partial charge in [-0.1, -0.05) is 18.2 Å². The minimum absolute atomic E-state index is 0.218. The normalized spacial score (nSPS) is 28.9. The molecule has 2 N–H and O–H groups in total. The van der Waals surface area contributed by atoms with Gasteiger partial charge in [0.1, 0.15) is 11.5 Å². The second-order valence-electron chi connectivity index (χ2n) is 7.79. The summed E-state index contributed by atoms with van der Waals surface area (Å²) in [6, 6.07) is 5.89. The van der Waals surface area contributed by atoms with Gasteiger partial charge >= 0.3 is 0 Å². The van der Waals surface area contributed by atoms with E-state index in [2.05, 4.69) is 11.9 Å². The molecular weight excluding hydrogens is 365 g/mol. The molecule has 2 heterocycles. The monoisotopic (exact) mass is 384 g/mol. The van der Waals surface area contributed by atoms with Gasteiger partial charge in [0.05, 0.1) is 15.3 Å². The molecule has 27 heavy (non-hydrogen) atoms. The summed E-state index contributed by atoms with van der Waals surface area (Å²) >= 11 is 1.40. The SMILES string of the molecule is [CH2][C@H]1C[C@@]2(C(N)=O)C[C@@H]2N1C(=O)c1nc(C2CC2)sc1-c1ccccc1F. The second-order valence-corrected chi connectivity index (χ2v) is 8.83. The predicted molar refractivity (Wildman–Crippen MR) is 99.4 cm³/mol. The zero-order valence-corrected chi connectivity index (χ0v) is 15.5. The largest absolute Gasteiger partial charge is 0.369 e. The van der Waals surface area contributed by atoms with Crippen molar-refractivity contribution >= 4 is 23.2 Å². The highest BCUT2D eigenvalue weighted by molar-refractivity contribution is 7.15. The zero-order valence-electron chi connectivity index (χ0n) is 14.7. The Hall–Kier alpha value is -2.28. The van der Waals surface area contributed by atoms with E-state index in [9.17, 15) is 14.0 Å². The maximum Gasteiger partial charge on any atom is 0.274 e. The fourth-order valence-corrected chi connectivity index (χ4v) is 5.51. The van der Waals surface area contributed by atoms with Gasteiger partial charge in [-0.15, -0.1) is 11.3 Å². The first-order chi connectivity index (χ1) is 12.9. The topological polar surface area (TPSA) is 76.3 Å². The highest BCUT2D eigenvalue weighted by atomic mass is 32.1. The third kappa shape index (κ3) is 2.44. The molecule has 7 heteroatoms. The van der Waals surface area contributed by atoms with Crippen LogP contribution in [0, 0.1) is 18.2 Å². The number of likely N-dealkylation sites (tertiary alicyclic amines) is 1. The molecular formula is C20H19FN3O2S. The van der Waals surface area contributed by atoms with Crippen LogP contribution in [0.1, 0.15) is 47.1 Å². The standard InChI is InChI=1S/C20H19FN3O2S/c1-10-8-20(19(22)26)9-14(20)24(10)18(25)15-16(12-4-2-3-5-13(12)21)27-17(23-15)11-6-7-11/h2-5,10-11,14H,1,6-9H2,(H2,22,26)/t10-,14-,20+/m0/s1. The zero-order chi connectivity index (χ0) is 18.9. The molecule has 2 aromatic rings. The van der Waals surface area contributed by atoms with Gasteiger partial charge in [-0.25, -0.2) is 9.37 Å². The summed E-state index contributed by atoms with van der Waals surface area (Å²) in [6.45, 7) is 4.05. The van der Waals surface area contributed by atoms with Crippen LogP contribution in [0.15, 0.2) is 24.3 Å². The number of thiazole rings is 1. The van der Waals surface area contributed by atoms with Crippen molar-refractivity contribution in [2.24, 2.45) is 11.1 Å². The van der Waals surface area contributed by atoms with Crippen molar-refractivity contribution in [1.29, 1.82) is 0 Å². The molecule has 1 saturated heterocycles. The quantitative estimate of drug-likeness (QED) is 0.880. The minimum Gasteiger partial charge on any atom is -0.369 e. The van der Waals surface area contributed by atoms with Crippen molar-refractivity contribution in [3.63, 3.8) is 0 Å². The van der Waals surface area contributed by atoms with Gasteiger partial charge in [-0.2, -0.15) is 0 Å². The van der Waals surface area contributed by atoms with Crippen LogP contribution in [-0.2, 0) is 4.79 Å².